The van der Waals surface area contributed by atoms with Crippen LogP contribution in [0.3, 0.4) is 0 Å². The van der Waals surface area contributed by atoms with Crippen molar-refractivity contribution in [3.05, 3.63) is 35.2 Å². The monoisotopic (exact) mass is 247 g/mol. The van der Waals surface area contributed by atoms with Crippen LogP contribution < -0.4 is 0 Å². The van der Waals surface area contributed by atoms with Gasteiger partial charge in [-0.1, -0.05) is 31.5 Å². The number of carbonyl (C=O) groups excluding carboxylic acids is 1. The number of unbranched alkanes of at least 4 members (excludes halogenated alkanes) is 1. The largest absolute Gasteiger partial charge is 0.341 e. The van der Waals surface area contributed by atoms with E-state index < -0.39 is 0 Å². The summed E-state index contributed by atoms with van der Waals surface area (Å²) < 4.78 is 1.18. The summed E-state index contributed by atoms with van der Waals surface area (Å²) in [4.78, 5) is 14.8. The Bertz CT molecular complexity index is 485. The Morgan fingerprint density at radius 2 is 2.12 bits per heavy atom. The molecule has 0 radical (unpaired) electrons. The van der Waals surface area contributed by atoms with Crippen molar-refractivity contribution in [2.24, 2.45) is 0 Å². The molecule has 0 aliphatic carbocycles. The summed E-state index contributed by atoms with van der Waals surface area (Å²) in [7, 11) is 1.88. The van der Waals surface area contributed by atoms with Crippen LogP contribution >= 0.6 is 11.3 Å². The highest BCUT2D eigenvalue weighted by Crippen LogP contribution is 2.26. The summed E-state index contributed by atoms with van der Waals surface area (Å²) in [6.07, 6.45) is 2.18. The minimum Gasteiger partial charge on any atom is -0.341 e. The van der Waals surface area contributed by atoms with Gasteiger partial charge in [-0.05, 0) is 23.9 Å². The second kappa shape index (κ2) is 5.32. The lowest BCUT2D eigenvalue weighted by Crippen LogP contribution is -2.26. The van der Waals surface area contributed by atoms with Crippen LogP contribution in [0, 0.1) is 0 Å². The van der Waals surface area contributed by atoms with Gasteiger partial charge in [0.25, 0.3) is 5.91 Å². The van der Waals surface area contributed by atoms with Crippen molar-refractivity contribution in [3.8, 4) is 0 Å². The molecule has 1 heterocycles. The molecule has 0 fully saturated rings. The van der Waals surface area contributed by atoms with Gasteiger partial charge in [0.05, 0.1) is 4.88 Å². The molecule has 90 valence electrons. The summed E-state index contributed by atoms with van der Waals surface area (Å²) in [5.41, 5.74) is 0. The molecule has 17 heavy (non-hydrogen) atoms. The van der Waals surface area contributed by atoms with Gasteiger partial charge in [0.2, 0.25) is 0 Å². The lowest BCUT2D eigenvalue weighted by molar-refractivity contribution is 0.0798. The highest BCUT2D eigenvalue weighted by atomic mass is 32.1. The fraction of sp³-hybridized carbons (Fsp3) is 0.357. The summed E-state index contributed by atoms with van der Waals surface area (Å²) in [6.45, 7) is 2.97. The number of hydrogen-bond acceptors (Lipinski definition) is 2. The molecule has 0 spiro atoms. The average molecular weight is 247 g/mol. The molecule has 0 bridgehead atoms. The first kappa shape index (κ1) is 12.1. The number of nitrogens with zero attached hydrogens (tertiary/aromatic N) is 1. The fourth-order valence-corrected chi connectivity index (χ4v) is 2.83. The molecular weight excluding hydrogens is 230 g/mol. The summed E-state index contributed by atoms with van der Waals surface area (Å²) in [5, 5.41) is 1.16. The molecule has 2 rings (SSSR count). The first-order chi connectivity index (χ1) is 8.22. The second-order valence-corrected chi connectivity index (χ2v) is 5.31. The highest BCUT2D eigenvalue weighted by Gasteiger charge is 2.13. The van der Waals surface area contributed by atoms with Gasteiger partial charge in [-0.25, -0.2) is 0 Å². The first-order valence-corrected chi connectivity index (χ1v) is 6.78. The lowest BCUT2D eigenvalue weighted by Gasteiger charge is -2.15. The van der Waals surface area contributed by atoms with Crippen LogP contribution in [0.15, 0.2) is 30.3 Å². The van der Waals surface area contributed by atoms with E-state index in [4.69, 9.17) is 0 Å². The third kappa shape index (κ3) is 2.67. The molecule has 0 aliphatic rings. The molecule has 3 heteroatoms. The highest BCUT2D eigenvalue weighted by molar-refractivity contribution is 7.20. The van der Waals surface area contributed by atoms with E-state index in [1.807, 2.05) is 30.1 Å². The number of rotatable bonds is 4. The summed E-state index contributed by atoms with van der Waals surface area (Å²) in [5.74, 6) is 0.139. The number of amides is 1. The fourth-order valence-electron chi connectivity index (χ4n) is 1.77. The van der Waals surface area contributed by atoms with Gasteiger partial charge in [-0.3, -0.25) is 4.79 Å². The zero-order valence-corrected chi connectivity index (χ0v) is 11.1. The Morgan fingerprint density at radius 3 is 2.82 bits per heavy atom. The molecule has 0 saturated carbocycles. The predicted molar refractivity (Wildman–Crippen MR) is 73.7 cm³/mol. The Labute approximate surface area is 106 Å². The van der Waals surface area contributed by atoms with Crippen LogP contribution in [-0.4, -0.2) is 24.4 Å². The maximum Gasteiger partial charge on any atom is 0.263 e. The van der Waals surface area contributed by atoms with E-state index in [1.165, 1.54) is 4.70 Å². The Morgan fingerprint density at radius 1 is 1.35 bits per heavy atom. The molecule has 1 aromatic carbocycles. The van der Waals surface area contributed by atoms with E-state index in [0.29, 0.717) is 0 Å². The molecule has 1 aromatic heterocycles. The van der Waals surface area contributed by atoms with Crippen molar-refractivity contribution in [1.29, 1.82) is 0 Å². The van der Waals surface area contributed by atoms with E-state index >= 15 is 0 Å². The normalized spacial score (nSPS) is 10.7. The Balaban J connectivity index is 2.18. The topological polar surface area (TPSA) is 20.3 Å². The molecule has 0 unspecified atom stereocenters. The second-order valence-electron chi connectivity index (χ2n) is 4.23. The minimum atomic E-state index is 0.139. The van der Waals surface area contributed by atoms with Gasteiger partial charge >= 0.3 is 0 Å². The summed E-state index contributed by atoms with van der Waals surface area (Å²) >= 11 is 1.58. The molecule has 1 amide bonds. The number of carbonyl (C=O) groups is 1. The van der Waals surface area contributed by atoms with E-state index in [2.05, 4.69) is 19.1 Å². The molecule has 0 N–H and O–H groups in total. The third-order valence-electron chi connectivity index (χ3n) is 2.83. The van der Waals surface area contributed by atoms with E-state index in [-0.39, 0.29) is 5.91 Å². The first-order valence-electron chi connectivity index (χ1n) is 5.96. The number of thiophene rings is 1. The van der Waals surface area contributed by atoms with Crippen molar-refractivity contribution < 1.29 is 4.79 Å². The van der Waals surface area contributed by atoms with Crippen molar-refractivity contribution in [2.45, 2.75) is 19.8 Å². The average Bonchev–Trinajstić information content (AvgIpc) is 2.78. The quantitative estimate of drug-likeness (QED) is 0.805. The van der Waals surface area contributed by atoms with Crippen LogP contribution in [0.25, 0.3) is 10.1 Å². The van der Waals surface area contributed by atoms with Gasteiger partial charge in [0.15, 0.2) is 0 Å². The SMILES string of the molecule is CCCCN(C)C(=O)c1cc2ccccc2s1. The molecule has 0 atom stereocenters. The standard InChI is InChI=1S/C14H17NOS/c1-3-4-9-15(2)14(16)13-10-11-7-5-6-8-12(11)17-13/h5-8,10H,3-4,9H2,1-2H3. The van der Waals surface area contributed by atoms with Gasteiger partial charge < -0.3 is 4.90 Å². The molecule has 2 aromatic rings. The van der Waals surface area contributed by atoms with Crippen molar-refractivity contribution in [3.63, 3.8) is 0 Å². The van der Waals surface area contributed by atoms with E-state index in [0.717, 1.165) is 29.6 Å². The zero-order chi connectivity index (χ0) is 12.3. The molecular formula is C14H17NOS. The zero-order valence-electron chi connectivity index (χ0n) is 10.3. The third-order valence-corrected chi connectivity index (χ3v) is 3.93. The molecule has 0 aliphatic heterocycles. The molecule has 0 saturated heterocycles. The minimum absolute atomic E-state index is 0.139. The maximum absolute atomic E-state index is 12.2. The molecule has 2 nitrogen and oxygen atoms in total. The van der Waals surface area contributed by atoms with Crippen molar-refractivity contribution in [1.82, 2.24) is 4.90 Å². The van der Waals surface area contributed by atoms with Crippen molar-refractivity contribution in [2.75, 3.05) is 13.6 Å². The van der Waals surface area contributed by atoms with Gasteiger partial charge in [0, 0.05) is 18.3 Å². The number of hydrogen-bond donors (Lipinski definition) is 0. The Hall–Kier alpha value is -1.35. The van der Waals surface area contributed by atoms with Crippen LogP contribution in [0.5, 0.6) is 0 Å². The Kier molecular flexibility index (Phi) is 3.79. The number of benzene rings is 1. The van der Waals surface area contributed by atoms with Gasteiger partial charge in [-0.2, -0.15) is 0 Å². The predicted octanol–water partition coefficient (Wildman–Crippen LogP) is 3.77. The van der Waals surface area contributed by atoms with E-state index in [1.54, 1.807) is 11.3 Å². The number of fused-ring (bicyclic) bond motifs is 1. The maximum atomic E-state index is 12.2. The lowest BCUT2D eigenvalue weighted by atomic mass is 10.2. The van der Waals surface area contributed by atoms with E-state index in [9.17, 15) is 4.79 Å². The van der Waals surface area contributed by atoms with Crippen LogP contribution in [-0.2, 0) is 0 Å². The van der Waals surface area contributed by atoms with Gasteiger partial charge in [0.1, 0.15) is 0 Å². The van der Waals surface area contributed by atoms with Crippen LogP contribution in [0.1, 0.15) is 29.4 Å². The van der Waals surface area contributed by atoms with Crippen LogP contribution in [0.4, 0.5) is 0 Å². The van der Waals surface area contributed by atoms with Gasteiger partial charge in [-0.15, -0.1) is 11.3 Å². The summed E-state index contributed by atoms with van der Waals surface area (Å²) in [6, 6.07) is 10.1. The van der Waals surface area contributed by atoms with Crippen LogP contribution in [0.2, 0.25) is 0 Å². The smallest absolute Gasteiger partial charge is 0.263 e. The van der Waals surface area contributed by atoms with Crippen molar-refractivity contribution >= 4 is 27.3 Å².